The van der Waals surface area contributed by atoms with E-state index in [9.17, 15) is 0 Å². The van der Waals surface area contributed by atoms with Gasteiger partial charge >= 0.3 is 0 Å². The first kappa shape index (κ1) is 13.4. The fourth-order valence-corrected chi connectivity index (χ4v) is 2.02. The fraction of sp³-hybridized carbons (Fsp3) is 0.250. The lowest BCUT2D eigenvalue weighted by Gasteiger charge is -2.10. The number of nitrogens with two attached hydrogens (primary N) is 1. The van der Waals surface area contributed by atoms with Gasteiger partial charge in [-0.3, -0.25) is 0 Å². The molecule has 0 amide bonds. The monoisotopic (exact) mass is 287 g/mol. The Morgan fingerprint density at radius 3 is 2.38 bits per heavy atom. The standard InChI is InChI=1S/C16H17NO4/c1-11-8-12(2-4-14(11)17)18-6-7-19-13-3-5-15-16(9-13)21-10-20-15/h2-5,8-9H,6-7,10,17H2,1H3. The summed E-state index contributed by atoms with van der Waals surface area (Å²) in [5.41, 5.74) is 7.53. The van der Waals surface area contributed by atoms with Gasteiger partial charge in [0.15, 0.2) is 11.5 Å². The molecule has 3 rings (SSSR count). The normalized spacial score (nSPS) is 12.2. The van der Waals surface area contributed by atoms with Crippen LogP contribution in [0, 0.1) is 6.92 Å². The van der Waals surface area contributed by atoms with Crippen LogP contribution in [-0.2, 0) is 0 Å². The highest BCUT2D eigenvalue weighted by Gasteiger charge is 2.13. The molecule has 0 saturated carbocycles. The van der Waals surface area contributed by atoms with Crippen molar-refractivity contribution in [2.45, 2.75) is 6.92 Å². The summed E-state index contributed by atoms with van der Waals surface area (Å²) in [5, 5.41) is 0. The predicted molar refractivity (Wildman–Crippen MR) is 79.1 cm³/mol. The molecule has 0 spiro atoms. The molecule has 2 aromatic carbocycles. The van der Waals surface area contributed by atoms with Crippen LogP contribution in [0.2, 0.25) is 0 Å². The maximum absolute atomic E-state index is 5.76. The zero-order valence-electron chi connectivity index (χ0n) is 11.8. The van der Waals surface area contributed by atoms with Gasteiger partial charge in [0.2, 0.25) is 6.79 Å². The third-order valence-electron chi connectivity index (χ3n) is 3.21. The van der Waals surface area contributed by atoms with Gasteiger partial charge in [0.25, 0.3) is 0 Å². The number of aryl methyl sites for hydroxylation is 1. The molecule has 0 bridgehead atoms. The van der Waals surface area contributed by atoms with Crippen molar-refractivity contribution >= 4 is 5.69 Å². The summed E-state index contributed by atoms with van der Waals surface area (Å²) in [7, 11) is 0. The molecule has 0 atom stereocenters. The van der Waals surface area contributed by atoms with Crippen molar-refractivity contribution in [3.63, 3.8) is 0 Å². The predicted octanol–water partition coefficient (Wildman–Crippen LogP) is 2.76. The molecule has 1 heterocycles. The summed E-state index contributed by atoms with van der Waals surface area (Å²) >= 11 is 0. The van der Waals surface area contributed by atoms with Crippen LogP contribution in [0.3, 0.4) is 0 Å². The topological polar surface area (TPSA) is 62.9 Å². The number of benzene rings is 2. The molecule has 2 N–H and O–H groups in total. The van der Waals surface area contributed by atoms with E-state index in [4.69, 9.17) is 24.7 Å². The molecule has 0 radical (unpaired) electrons. The van der Waals surface area contributed by atoms with Crippen molar-refractivity contribution in [2.24, 2.45) is 0 Å². The third kappa shape index (κ3) is 3.13. The van der Waals surface area contributed by atoms with E-state index in [1.807, 2.05) is 43.3 Å². The Morgan fingerprint density at radius 1 is 0.952 bits per heavy atom. The molecule has 0 aliphatic carbocycles. The molecule has 5 nitrogen and oxygen atoms in total. The van der Waals surface area contributed by atoms with E-state index in [2.05, 4.69) is 0 Å². The number of hydrogen-bond acceptors (Lipinski definition) is 5. The maximum Gasteiger partial charge on any atom is 0.231 e. The smallest absolute Gasteiger partial charge is 0.231 e. The zero-order valence-corrected chi connectivity index (χ0v) is 11.8. The van der Waals surface area contributed by atoms with Crippen molar-refractivity contribution in [1.82, 2.24) is 0 Å². The van der Waals surface area contributed by atoms with Gasteiger partial charge in [-0.1, -0.05) is 0 Å². The molecule has 21 heavy (non-hydrogen) atoms. The first-order valence-corrected chi connectivity index (χ1v) is 6.74. The lowest BCUT2D eigenvalue weighted by atomic mass is 10.2. The van der Waals surface area contributed by atoms with Gasteiger partial charge in [0.1, 0.15) is 24.7 Å². The number of hydrogen-bond donors (Lipinski definition) is 1. The minimum Gasteiger partial charge on any atom is -0.490 e. The number of ether oxygens (including phenoxy) is 4. The van der Waals surface area contributed by atoms with Crippen molar-refractivity contribution < 1.29 is 18.9 Å². The van der Waals surface area contributed by atoms with Crippen LogP contribution in [0.4, 0.5) is 5.69 Å². The van der Waals surface area contributed by atoms with Crippen LogP contribution in [0.5, 0.6) is 23.0 Å². The van der Waals surface area contributed by atoms with Gasteiger partial charge in [-0.05, 0) is 42.8 Å². The number of rotatable bonds is 5. The van der Waals surface area contributed by atoms with Crippen molar-refractivity contribution in [3.05, 3.63) is 42.0 Å². The van der Waals surface area contributed by atoms with E-state index in [-0.39, 0.29) is 6.79 Å². The Labute approximate surface area is 123 Å². The summed E-state index contributed by atoms with van der Waals surface area (Å²) < 4.78 is 21.8. The molecule has 2 aromatic rings. The van der Waals surface area contributed by atoms with Gasteiger partial charge in [-0.2, -0.15) is 0 Å². The quantitative estimate of drug-likeness (QED) is 0.676. The third-order valence-corrected chi connectivity index (χ3v) is 3.21. The second kappa shape index (κ2) is 5.83. The van der Waals surface area contributed by atoms with Gasteiger partial charge in [0.05, 0.1) is 0 Å². The molecule has 0 fully saturated rings. The molecule has 0 saturated heterocycles. The van der Waals surface area contributed by atoms with E-state index in [1.165, 1.54) is 0 Å². The fourth-order valence-electron chi connectivity index (χ4n) is 2.02. The SMILES string of the molecule is Cc1cc(OCCOc2ccc3c(c2)OCO3)ccc1N. The Kier molecular flexibility index (Phi) is 3.73. The molecule has 5 heteroatoms. The van der Waals surface area contributed by atoms with Crippen molar-refractivity contribution in [2.75, 3.05) is 25.7 Å². The average molecular weight is 287 g/mol. The maximum atomic E-state index is 5.76. The van der Waals surface area contributed by atoms with E-state index >= 15 is 0 Å². The molecule has 0 unspecified atom stereocenters. The Balaban J connectivity index is 1.49. The highest BCUT2D eigenvalue weighted by atomic mass is 16.7. The molecular weight excluding hydrogens is 270 g/mol. The van der Waals surface area contributed by atoms with E-state index in [0.717, 1.165) is 28.5 Å². The van der Waals surface area contributed by atoms with Crippen molar-refractivity contribution in [3.8, 4) is 23.0 Å². The number of nitrogen functional groups attached to an aromatic ring is 1. The Hall–Kier alpha value is -2.56. The van der Waals surface area contributed by atoms with Gasteiger partial charge in [-0.25, -0.2) is 0 Å². The second-order valence-corrected chi connectivity index (χ2v) is 4.73. The van der Waals surface area contributed by atoms with E-state index in [0.29, 0.717) is 19.0 Å². The highest BCUT2D eigenvalue weighted by molar-refractivity contribution is 5.49. The molecule has 1 aliphatic heterocycles. The first-order valence-electron chi connectivity index (χ1n) is 6.74. The van der Waals surface area contributed by atoms with Crippen LogP contribution in [-0.4, -0.2) is 20.0 Å². The van der Waals surface area contributed by atoms with Crippen LogP contribution in [0.25, 0.3) is 0 Å². The number of anilines is 1. The van der Waals surface area contributed by atoms with Crippen molar-refractivity contribution in [1.29, 1.82) is 0 Å². The van der Waals surface area contributed by atoms with Crippen LogP contribution in [0.1, 0.15) is 5.56 Å². The molecule has 1 aliphatic rings. The first-order chi connectivity index (χ1) is 10.2. The lowest BCUT2D eigenvalue weighted by Crippen LogP contribution is -2.09. The lowest BCUT2D eigenvalue weighted by molar-refractivity contribution is 0.173. The Bertz CT molecular complexity index is 642. The minimum atomic E-state index is 0.262. The highest BCUT2D eigenvalue weighted by Crippen LogP contribution is 2.35. The summed E-state index contributed by atoms with van der Waals surface area (Å²) in [5.74, 6) is 2.98. The summed E-state index contributed by atoms with van der Waals surface area (Å²) in [6.07, 6.45) is 0. The second-order valence-electron chi connectivity index (χ2n) is 4.73. The van der Waals surface area contributed by atoms with E-state index in [1.54, 1.807) is 0 Å². The summed E-state index contributed by atoms with van der Waals surface area (Å²) in [4.78, 5) is 0. The van der Waals surface area contributed by atoms with Gasteiger partial charge in [-0.15, -0.1) is 0 Å². The van der Waals surface area contributed by atoms with E-state index < -0.39 is 0 Å². The molecular formula is C16H17NO4. The van der Waals surface area contributed by atoms with Crippen LogP contribution >= 0.6 is 0 Å². The number of fused-ring (bicyclic) bond motifs is 1. The van der Waals surface area contributed by atoms with Crippen LogP contribution in [0.15, 0.2) is 36.4 Å². The summed E-state index contributed by atoms with van der Waals surface area (Å²) in [6, 6.07) is 11.1. The Morgan fingerprint density at radius 2 is 1.62 bits per heavy atom. The van der Waals surface area contributed by atoms with Gasteiger partial charge < -0.3 is 24.7 Å². The largest absolute Gasteiger partial charge is 0.490 e. The van der Waals surface area contributed by atoms with Gasteiger partial charge in [0, 0.05) is 11.8 Å². The zero-order chi connectivity index (χ0) is 14.7. The minimum absolute atomic E-state index is 0.262. The summed E-state index contributed by atoms with van der Waals surface area (Å²) in [6.45, 7) is 3.12. The average Bonchev–Trinajstić information content (AvgIpc) is 2.95. The molecule has 110 valence electrons. The molecule has 0 aromatic heterocycles. The van der Waals surface area contributed by atoms with Crippen LogP contribution < -0.4 is 24.7 Å².